The van der Waals surface area contributed by atoms with E-state index in [-0.39, 0.29) is 12.1 Å². The largest absolute Gasteiger partial charge is 0.375 e. The highest BCUT2D eigenvalue weighted by molar-refractivity contribution is 5.68. The normalized spacial score (nSPS) is 18.8. The molecule has 0 unspecified atom stereocenters. The van der Waals surface area contributed by atoms with Crippen LogP contribution in [0.5, 0.6) is 0 Å². The SMILES string of the molecule is CCO[C@@H]1CNC[C@H]1Nc1nc(CC)c(-c2cnc(N(C)C)cc2C)nc1CC. The van der Waals surface area contributed by atoms with Crippen molar-refractivity contribution in [3.8, 4) is 11.3 Å². The molecule has 2 N–H and O–H groups in total. The van der Waals surface area contributed by atoms with Crippen LogP contribution in [0.25, 0.3) is 11.3 Å². The van der Waals surface area contributed by atoms with Crippen molar-refractivity contribution in [2.45, 2.75) is 52.7 Å². The zero-order chi connectivity index (χ0) is 21.0. The first kappa shape index (κ1) is 21.5. The summed E-state index contributed by atoms with van der Waals surface area (Å²) in [4.78, 5) is 16.7. The fraction of sp³-hybridized carbons (Fsp3) is 0.591. The predicted molar refractivity (Wildman–Crippen MR) is 119 cm³/mol. The van der Waals surface area contributed by atoms with Crippen molar-refractivity contribution in [3.05, 3.63) is 29.2 Å². The summed E-state index contributed by atoms with van der Waals surface area (Å²) in [5, 5.41) is 7.01. The second-order valence-electron chi connectivity index (χ2n) is 7.68. The average Bonchev–Trinajstić information content (AvgIpc) is 3.14. The van der Waals surface area contributed by atoms with Crippen LogP contribution in [0, 0.1) is 6.92 Å². The van der Waals surface area contributed by atoms with Gasteiger partial charge in [-0.3, -0.25) is 0 Å². The van der Waals surface area contributed by atoms with Gasteiger partial charge in [0.15, 0.2) is 0 Å². The molecule has 0 spiro atoms. The summed E-state index contributed by atoms with van der Waals surface area (Å²) in [5.41, 5.74) is 5.13. The van der Waals surface area contributed by atoms with Crippen molar-refractivity contribution in [3.63, 3.8) is 0 Å². The summed E-state index contributed by atoms with van der Waals surface area (Å²) in [6.07, 6.45) is 3.70. The maximum Gasteiger partial charge on any atom is 0.148 e. The summed E-state index contributed by atoms with van der Waals surface area (Å²) in [5.74, 6) is 1.82. The maximum atomic E-state index is 5.87. The number of anilines is 2. The van der Waals surface area contributed by atoms with Crippen LogP contribution in [0.4, 0.5) is 11.6 Å². The quantitative estimate of drug-likeness (QED) is 0.708. The number of nitrogens with one attached hydrogen (secondary N) is 2. The Kier molecular flexibility index (Phi) is 7.03. The number of aryl methyl sites for hydroxylation is 3. The Morgan fingerprint density at radius 1 is 1.14 bits per heavy atom. The summed E-state index contributed by atoms with van der Waals surface area (Å²) < 4.78 is 5.87. The van der Waals surface area contributed by atoms with Gasteiger partial charge in [0.1, 0.15) is 11.6 Å². The Bertz CT molecular complexity index is 838. The van der Waals surface area contributed by atoms with Crippen molar-refractivity contribution in [2.24, 2.45) is 0 Å². The molecule has 0 aromatic carbocycles. The molecule has 1 aliphatic rings. The summed E-state index contributed by atoms with van der Waals surface area (Å²) in [6, 6.07) is 2.30. The fourth-order valence-electron chi connectivity index (χ4n) is 3.73. The van der Waals surface area contributed by atoms with E-state index in [1.807, 2.05) is 32.1 Å². The topological polar surface area (TPSA) is 75.2 Å². The summed E-state index contributed by atoms with van der Waals surface area (Å²) in [7, 11) is 4.00. The third kappa shape index (κ3) is 4.67. The lowest BCUT2D eigenvalue weighted by Gasteiger charge is -2.23. The first-order valence-corrected chi connectivity index (χ1v) is 10.6. The van der Waals surface area contributed by atoms with Crippen molar-refractivity contribution >= 4 is 11.6 Å². The van der Waals surface area contributed by atoms with E-state index in [1.54, 1.807) is 0 Å². The molecule has 0 bridgehead atoms. The van der Waals surface area contributed by atoms with E-state index >= 15 is 0 Å². The van der Waals surface area contributed by atoms with Gasteiger partial charge >= 0.3 is 0 Å². The van der Waals surface area contributed by atoms with Crippen LogP contribution in [0.1, 0.15) is 37.7 Å². The van der Waals surface area contributed by atoms with Gasteiger partial charge in [0.05, 0.1) is 29.2 Å². The predicted octanol–water partition coefficient (Wildman–Crippen LogP) is 2.83. The Morgan fingerprint density at radius 3 is 2.52 bits per heavy atom. The average molecular weight is 399 g/mol. The lowest BCUT2D eigenvalue weighted by Crippen LogP contribution is -2.35. The van der Waals surface area contributed by atoms with Gasteiger partial charge in [0.25, 0.3) is 0 Å². The van der Waals surface area contributed by atoms with Gasteiger partial charge in [-0.2, -0.15) is 0 Å². The molecular weight excluding hydrogens is 364 g/mol. The fourth-order valence-corrected chi connectivity index (χ4v) is 3.73. The Balaban J connectivity index is 1.97. The van der Waals surface area contributed by atoms with Crippen LogP contribution < -0.4 is 15.5 Å². The van der Waals surface area contributed by atoms with Crippen LogP contribution in [-0.4, -0.2) is 60.9 Å². The summed E-state index contributed by atoms with van der Waals surface area (Å²) >= 11 is 0. The van der Waals surface area contributed by atoms with Gasteiger partial charge in [-0.05, 0) is 38.3 Å². The minimum atomic E-state index is 0.154. The molecule has 2 atom stereocenters. The van der Waals surface area contributed by atoms with Crippen LogP contribution in [0.15, 0.2) is 12.3 Å². The molecule has 1 fully saturated rings. The molecule has 3 heterocycles. The molecule has 2 aromatic heterocycles. The zero-order valence-electron chi connectivity index (χ0n) is 18.5. The highest BCUT2D eigenvalue weighted by Crippen LogP contribution is 2.29. The second-order valence-corrected chi connectivity index (χ2v) is 7.68. The molecule has 3 rings (SSSR count). The minimum Gasteiger partial charge on any atom is -0.375 e. The molecule has 1 aliphatic heterocycles. The van der Waals surface area contributed by atoms with Gasteiger partial charge in [0.2, 0.25) is 0 Å². The second kappa shape index (κ2) is 9.50. The number of pyridine rings is 1. The van der Waals surface area contributed by atoms with E-state index in [1.165, 1.54) is 0 Å². The lowest BCUT2D eigenvalue weighted by atomic mass is 10.0. The van der Waals surface area contributed by atoms with Gasteiger partial charge in [-0.15, -0.1) is 0 Å². The molecule has 0 aliphatic carbocycles. The van der Waals surface area contributed by atoms with Gasteiger partial charge in [-0.1, -0.05) is 13.8 Å². The zero-order valence-corrected chi connectivity index (χ0v) is 18.5. The van der Waals surface area contributed by atoms with E-state index in [4.69, 9.17) is 14.7 Å². The molecule has 29 heavy (non-hydrogen) atoms. The molecule has 7 heteroatoms. The van der Waals surface area contributed by atoms with Crippen molar-refractivity contribution in [1.29, 1.82) is 0 Å². The number of nitrogens with zero attached hydrogens (tertiary/aromatic N) is 4. The van der Waals surface area contributed by atoms with E-state index in [0.29, 0.717) is 6.61 Å². The lowest BCUT2D eigenvalue weighted by molar-refractivity contribution is 0.0709. The first-order valence-electron chi connectivity index (χ1n) is 10.6. The van der Waals surface area contributed by atoms with Crippen LogP contribution in [0.3, 0.4) is 0 Å². The minimum absolute atomic E-state index is 0.154. The number of rotatable bonds is 8. The van der Waals surface area contributed by atoms with Crippen LogP contribution in [0.2, 0.25) is 0 Å². The van der Waals surface area contributed by atoms with Crippen LogP contribution in [-0.2, 0) is 17.6 Å². The molecular formula is C22H34N6O. The van der Waals surface area contributed by atoms with Crippen LogP contribution >= 0.6 is 0 Å². The number of hydrogen-bond donors (Lipinski definition) is 2. The van der Waals surface area contributed by atoms with Gasteiger partial charge in [0, 0.05) is 45.6 Å². The number of aromatic nitrogens is 3. The molecule has 2 aromatic rings. The van der Waals surface area contributed by atoms with Crippen molar-refractivity contribution in [1.82, 2.24) is 20.3 Å². The van der Waals surface area contributed by atoms with E-state index < -0.39 is 0 Å². The Morgan fingerprint density at radius 2 is 1.90 bits per heavy atom. The number of hydrogen-bond acceptors (Lipinski definition) is 7. The molecule has 7 nitrogen and oxygen atoms in total. The van der Waals surface area contributed by atoms with E-state index in [9.17, 15) is 0 Å². The van der Waals surface area contributed by atoms with Gasteiger partial charge < -0.3 is 20.3 Å². The molecule has 0 saturated carbocycles. The van der Waals surface area contributed by atoms with E-state index in [2.05, 4.69) is 42.5 Å². The van der Waals surface area contributed by atoms with Gasteiger partial charge in [-0.25, -0.2) is 15.0 Å². The Hall–Kier alpha value is -2.25. The molecule has 0 amide bonds. The highest BCUT2D eigenvalue weighted by atomic mass is 16.5. The van der Waals surface area contributed by atoms with Crippen molar-refractivity contribution < 1.29 is 4.74 Å². The number of ether oxygens (including phenoxy) is 1. The third-order valence-corrected chi connectivity index (χ3v) is 5.38. The highest BCUT2D eigenvalue weighted by Gasteiger charge is 2.29. The summed E-state index contributed by atoms with van der Waals surface area (Å²) in [6.45, 7) is 10.8. The standard InChI is InChI=1S/C22H34N6O/c1-7-16-21(15-11-24-20(28(5)6)10-14(15)4)25-17(8-2)22(26-16)27-18-12-23-13-19(18)29-9-3/h10-11,18-19,23H,7-9,12-13H2,1-6H3,(H,26,27)/t18-,19-/m1/s1. The monoisotopic (exact) mass is 398 g/mol. The molecule has 0 radical (unpaired) electrons. The van der Waals surface area contributed by atoms with Crippen molar-refractivity contribution in [2.75, 3.05) is 44.0 Å². The molecule has 158 valence electrons. The first-order chi connectivity index (χ1) is 14.0. The maximum absolute atomic E-state index is 5.87. The Labute approximate surface area is 174 Å². The third-order valence-electron chi connectivity index (χ3n) is 5.38. The molecule has 1 saturated heterocycles. The smallest absolute Gasteiger partial charge is 0.148 e. The van der Waals surface area contributed by atoms with E-state index in [0.717, 1.165) is 65.8 Å².